The smallest absolute Gasteiger partial charge is 0.220 e. The van der Waals surface area contributed by atoms with E-state index in [-0.39, 0.29) is 18.3 Å². The van der Waals surface area contributed by atoms with E-state index in [0.29, 0.717) is 19.4 Å². The number of hydrogen-bond acceptors (Lipinski definition) is 6. The highest BCUT2D eigenvalue weighted by Crippen LogP contribution is 1.95. The Kier molecular flexibility index (Phi) is 8.51. The van der Waals surface area contributed by atoms with Crippen molar-refractivity contribution in [1.29, 1.82) is 0 Å². The third kappa shape index (κ3) is 8.75. The van der Waals surface area contributed by atoms with Crippen LogP contribution in [0.15, 0.2) is 0 Å². The molecular formula is C10H22N4O3. The molecule has 0 aliphatic carbocycles. The van der Waals surface area contributed by atoms with E-state index in [0.717, 1.165) is 6.42 Å². The molecule has 0 spiro atoms. The molecule has 0 aromatic heterocycles. The molecule has 1 unspecified atom stereocenters. The maximum absolute atomic E-state index is 11.4. The lowest BCUT2D eigenvalue weighted by Gasteiger charge is -2.13. The molecule has 0 radical (unpaired) electrons. The van der Waals surface area contributed by atoms with Gasteiger partial charge in [-0.3, -0.25) is 14.9 Å². The predicted molar refractivity (Wildman–Crippen MR) is 63.7 cm³/mol. The molecule has 1 amide bonds. The van der Waals surface area contributed by atoms with Gasteiger partial charge in [0.2, 0.25) is 5.91 Å². The fraction of sp³-hybridized carbons (Fsp3) is 0.800. The molecule has 0 aliphatic heterocycles. The van der Waals surface area contributed by atoms with Crippen molar-refractivity contribution in [1.82, 2.24) is 10.6 Å². The van der Waals surface area contributed by atoms with Gasteiger partial charge in [0.1, 0.15) is 12.3 Å². The second-order valence-electron chi connectivity index (χ2n) is 3.85. The van der Waals surface area contributed by atoms with E-state index in [2.05, 4.69) is 10.6 Å². The Hall–Kier alpha value is -1.02. The fourth-order valence-electron chi connectivity index (χ4n) is 1.22. The quantitative estimate of drug-likeness (QED) is 0.236. The van der Waals surface area contributed by atoms with Gasteiger partial charge in [-0.05, 0) is 26.3 Å². The molecule has 0 heterocycles. The average molecular weight is 246 g/mol. The number of nitrogens with two attached hydrogens (primary N) is 2. The van der Waals surface area contributed by atoms with Gasteiger partial charge in [0.05, 0.1) is 6.61 Å². The van der Waals surface area contributed by atoms with E-state index < -0.39 is 12.3 Å². The van der Waals surface area contributed by atoms with Crippen LogP contribution in [0.4, 0.5) is 0 Å². The van der Waals surface area contributed by atoms with Gasteiger partial charge in [-0.2, -0.15) is 0 Å². The van der Waals surface area contributed by atoms with Crippen molar-refractivity contribution in [2.45, 2.75) is 38.5 Å². The number of rotatable bonds is 9. The number of amides is 1. The maximum Gasteiger partial charge on any atom is 0.220 e. The Morgan fingerprint density at radius 3 is 2.41 bits per heavy atom. The summed E-state index contributed by atoms with van der Waals surface area (Å²) in [5.41, 5.74) is 10.5. The van der Waals surface area contributed by atoms with Gasteiger partial charge in [0, 0.05) is 6.42 Å². The van der Waals surface area contributed by atoms with Gasteiger partial charge >= 0.3 is 0 Å². The Labute approximate surface area is 101 Å². The minimum atomic E-state index is -0.793. The van der Waals surface area contributed by atoms with Crippen LogP contribution in [0.1, 0.15) is 26.2 Å². The average Bonchev–Trinajstić information content (AvgIpc) is 2.24. The van der Waals surface area contributed by atoms with E-state index in [1.807, 2.05) is 0 Å². The Morgan fingerprint density at radius 2 is 1.94 bits per heavy atom. The highest BCUT2D eigenvalue weighted by molar-refractivity contribution is 5.87. The van der Waals surface area contributed by atoms with Crippen LogP contribution < -0.4 is 22.1 Å². The monoisotopic (exact) mass is 246 g/mol. The fourth-order valence-corrected chi connectivity index (χ4v) is 1.22. The summed E-state index contributed by atoms with van der Waals surface area (Å²) in [6.45, 7) is 1.60. The molecule has 0 fully saturated rings. The molecule has 0 saturated carbocycles. The lowest BCUT2D eigenvalue weighted by Crippen LogP contribution is -2.45. The zero-order valence-electron chi connectivity index (χ0n) is 10.1. The number of ketones is 1. The minimum Gasteiger partial charge on any atom is -0.394 e. The molecule has 0 rings (SSSR count). The minimum absolute atomic E-state index is 0.240. The van der Waals surface area contributed by atoms with Crippen LogP contribution in [0.2, 0.25) is 0 Å². The number of Topliss-reactive ketones (excluding diaryl/α,β-unsaturated/α-hetero) is 1. The van der Waals surface area contributed by atoms with Crippen molar-refractivity contribution in [2.24, 2.45) is 11.5 Å². The highest BCUT2D eigenvalue weighted by Gasteiger charge is 2.14. The lowest BCUT2D eigenvalue weighted by atomic mass is 10.2. The van der Waals surface area contributed by atoms with Gasteiger partial charge in [0.25, 0.3) is 0 Å². The lowest BCUT2D eigenvalue weighted by molar-refractivity contribution is -0.127. The summed E-state index contributed by atoms with van der Waals surface area (Å²) in [6.07, 6.45) is 1.20. The number of aliphatic hydroxyl groups is 1. The summed E-state index contributed by atoms with van der Waals surface area (Å²) in [5, 5.41) is 14.1. The van der Waals surface area contributed by atoms with E-state index in [9.17, 15) is 9.59 Å². The summed E-state index contributed by atoms with van der Waals surface area (Å²) in [6, 6.07) is -0.793. The number of aliphatic hydroxyl groups excluding tert-OH is 1. The van der Waals surface area contributed by atoms with Crippen molar-refractivity contribution in [3.05, 3.63) is 0 Å². The highest BCUT2D eigenvalue weighted by atomic mass is 16.3. The molecule has 0 saturated heterocycles. The topological polar surface area (TPSA) is 130 Å². The van der Waals surface area contributed by atoms with E-state index in [1.165, 1.54) is 6.92 Å². The van der Waals surface area contributed by atoms with Crippen LogP contribution in [0, 0.1) is 0 Å². The molecule has 100 valence electrons. The third-order valence-electron chi connectivity index (χ3n) is 2.22. The van der Waals surface area contributed by atoms with Crippen molar-refractivity contribution < 1.29 is 14.7 Å². The van der Waals surface area contributed by atoms with Crippen molar-refractivity contribution >= 4 is 11.7 Å². The molecular weight excluding hydrogens is 224 g/mol. The summed E-state index contributed by atoms with van der Waals surface area (Å²) < 4.78 is 0. The molecule has 0 aliphatic rings. The summed E-state index contributed by atoms with van der Waals surface area (Å²) in [5.74, 6) is -0.493. The second-order valence-corrected chi connectivity index (χ2v) is 3.85. The van der Waals surface area contributed by atoms with Crippen molar-refractivity contribution in [3.8, 4) is 0 Å². The predicted octanol–water partition coefficient (Wildman–Crippen LogP) is -1.99. The van der Waals surface area contributed by atoms with Crippen LogP contribution in [0.25, 0.3) is 0 Å². The molecule has 0 aromatic rings. The SMILES string of the molecule is CC(=O)C(CO)NC(=O)CCCCNC(N)N. The van der Waals surface area contributed by atoms with Gasteiger partial charge < -0.3 is 21.9 Å². The maximum atomic E-state index is 11.4. The van der Waals surface area contributed by atoms with E-state index >= 15 is 0 Å². The molecule has 7 N–H and O–H groups in total. The Balaban J connectivity index is 3.62. The second kappa shape index (κ2) is 9.06. The first-order chi connectivity index (χ1) is 7.97. The standard InChI is InChI=1S/C10H22N4O3/c1-7(16)8(6-15)14-9(17)4-2-3-5-13-10(11)12/h8,10,13,15H,2-6,11-12H2,1H3,(H,14,17). The third-order valence-corrected chi connectivity index (χ3v) is 2.22. The van der Waals surface area contributed by atoms with Gasteiger partial charge in [0.15, 0.2) is 5.78 Å². The van der Waals surface area contributed by atoms with E-state index in [4.69, 9.17) is 16.6 Å². The first-order valence-corrected chi connectivity index (χ1v) is 5.62. The first-order valence-electron chi connectivity index (χ1n) is 5.62. The van der Waals surface area contributed by atoms with Crippen LogP contribution in [-0.2, 0) is 9.59 Å². The molecule has 1 atom stereocenters. The van der Waals surface area contributed by atoms with Crippen LogP contribution in [0.3, 0.4) is 0 Å². The first kappa shape index (κ1) is 16.0. The van der Waals surface area contributed by atoms with Gasteiger partial charge in [-0.1, -0.05) is 0 Å². The summed E-state index contributed by atoms with van der Waals surface area (Å²) in [7, 11) is 0. The Bertz CT molecular complexity index is 246. The normalized spacial score (nSPS) is 12.5. The molecule has 17 heavy (non-hydrogen) atoms. The van der Waals surface area contributed by atoms with E-state index in [1.54, 1.807) is 0 Å². The number of hydrogen-bond donors (Lipinski definition) is 5. The zero-order valence-corrected chi connectivity index (χ0v) is 10.1. The summed E-state index contributed by atoms with van der Waals surface area (Å²) in [4.78, 5) is 22.3. The van der Waals surface area contributed by atoms with Crippen LogP contribution >= 0.6 is 0 Å². The van der Waals surface area contributed by atoms with Crippen molar-refractivity contribution in [3.63, 3.8) is 0 Å². The molecule has 7 heteroatoms. The summed E-state index contributed by atoms with van der Waals surface area (Å²) >= 11 is 0. The van der Waals surface area contributed by atoms with Gasteiger partial charge in [-0.15, -0.1) is 0 Å². The van der Waals surface area contributed by atoms with Gasteiger partial charge in [-0.25, -0.2) is 0 Å². The number of unbranched alkanes of at least 4 members (excludes halogenated alkanes) is 1. The number of carbonyl (C=O) groups is 2. The number of nitrogens with one attached hydrogen (secondary N) is 2. The largest absolute Gasteiger partial charge is 0.394 e. The molecule has 0 aromatic carbocycles. The van der Waals surface area contributed by atoms with Crippen molar-refractivity contribution in [2.75, 3.05) is 13.2 Å². The van der Waals surface area contributed by atoms with Crippen LogP contribution in [0.5, 0.6) is 0 Å². The van der Waals surface area contributed by atoms with Crippen LogP contribution in [-0.4, -0.2) is 42.3 Å². The zero-order chi connectivity index (χ0) is 13.3. The number of carbonyl (C=O) groups excluding carboxylic acids is 2. The molecule has 7 nitrogen and oxygen atoms in total. The molecule has 0 bridgehead atoms. The Morgan fingerprint density at radius 1 is 1.29 bits per heavy atom.